The highest BCUT2D eigenvalue weighted by molar-refractivity contribution is 6.00. The van der Waals surface area contributed by atoms with E-state index in [1.807, 2.05) is 19.1 Å². The van der Waals surface area contributed by atoms with Gasteiger partial charge in [0, 0.05) is 12.0 Å². The molecule has 0 radical (unpaired) electrons. The van der Waals surface area contributed by atoms with E-state index < -0.39 is 0 Å². The highest BCUT2D eigenvalue weighted by atomic mass is 16.3. The van der Waals surface area contributed by atoms with Crippen LogP contribution in [-0.2, 0) is 6.61 Å². The lowest BCUT2D eigenvalue weighted by atomic mass is 10.0. The topological polar surface area (TPSA) is 66.0 Å². The molecular formula is C14H18N2O2. The predicted molar refractivity (Wildman–Crippen MR) is 70.6 cm³/mol. The van der Waals surface area contributed by atoms with E-state index in [1.54, 1.807) is 0 Å². The number of benzene rings is 1. The van der Waals surface area contributed by atoms with Crippen LogP contribution in [0.3, 0.4) is 0 Å². The van der Waals surface area contributed by atoms with Crippen LogP contribution in [0.15, 0.2) is 12.1 Å². The summed E-state index contributed by atoms with van der Waals surface area (Å²) in [5.41, 5.74) is 3.30. The van der Waals surface area contributed by atoms with Gasteiger partial charge < -0.3 is 10.1 Å². The van der Waals surface area contributed by atoms with E-state index in [0.29, 0.717) is 12.2 Å². The van der Waals surface area contributed by atoms with E-state index in [1.165, 1.54) is 0 Å². The van der Waals surface area contributed by atoms with Crippen molar-refractivity contribution in [2.45, 2.75) is 39.7 Å². The van der Waals surface area contributed by atoms with Gasteiger partial charge in [-0.15, -0.1) is 0 Å². The quantitative estimate of drug-likeness (QED) is 0.797. The number of ketones is 1. The van der Waals surface area contributed by atoms with E-state index in [9.17, 15) is 4.79 Å². The number of aliphatic hydroxyl groups is 1. The van der Waals surface area contributed by atoms with Crippen LogP contribution in [0.25, 0.3) is 11.0 Å². The summed E-state index contributed by atoms with van der Waals surface area (Å²) in [6.45, 7) is 3.88. The average Bonchev–Trinajstić information content (AvgIpc) is 2.76. The minimum Gasteiger partial charge on any atom is -0.388 e. The van der Waals surface area contributed by atoms with Crippen molar-refractivity contribution >= 4 is 16.8 Å². The number of carbonyl (C=O) groups is 1. The van der Waals surface area contributed by atoms with Gasteiger partial charge in [0.25, 0.3) is 0 Å². The van der Waals surface area contributed by atoms with Crippen LogP contribution >= 0.6 is 0 Å². The number of aromatic amines is 1. The number of nitrogens with one attached hydrogen (secondary N) is 1. The van der Waals surface area contributed by atoms with Crippen molar-refractivity contribution in [3.8, 4) is 0 Å². The molecule has 0 aliphatic carbocycles. The average molecular weight is 246 g/mol. The molecule has 0 aliphatic rings. The van der Waals surface area contributed by atoms with Crippen LogP contribution in [0.4, 0.5) is 0 Å². The number of aliphatic hydroxyl groups excluding tert-OH is 1. The van der Waals surface area contributed by atoms with Crippen LogP contribution < -0.4 is 0 Å². The second kappa shape index (κ2) is 5.31. The van der Waals surface area contributed by atoms with E-state index in [2.05, 4.69) is 16.9 Å². The molecule has 0 aliphatic heterocycles. The second-order valence-electron chi connectivity index (χ2n) is 4.55. The first-order valence-corrected chi connectivity index (χ1v) is 6.29. The molecule has 4 heteroatoms. The van der Waals surface area contributed by atoms with Gasteiger partial charge in [0.05, 0.1) is 11.0 Å². The number of aryl methyl sites for hydroxylation is 1. The number of imidazole rings is 1. The van der Waals surface area contributed by atoms with E-state index in [0.717, 1.165) is 35.0 Å². The summed E-state index contributed by atoms with van der Waals surface area (Å²) >= 11 is 0. The molecule has 0 saturated heterocycles. The van der Waals surface area contributed by atoms with E-state index in [4.69, 9.17) is 5.11 Å². The number of Topliss-reactive ketones (excluding diaryl/α,β-unsaturated/α-hetero) is 1. The van der Waals surface area contributed by atoms with Crippen molar-refractivity contribution in [2.75, 3.05) is 0 Å². The fourth-order valence-corrected chi connectivity index (χ4v) is 2.07. The maximum atomic E-state index is 12.1. The first-order valence-electron chi connectivity index (χ1n) is 6.29. The summed E-state index contributed by atoms with van der Waals surface area (Å²) in [5.74, 6) is 0.701. The van der Waals surface area contributed by atoms with Gasteiger partial charge in [-0.3, -0.25) is 4.79 Å². The van der Waals surface area contributed by atoms with E-state index >= 15 is 0 Å². The molecule has 0 amide bonds. The van der Waals surface area contributed by atoms with Gasteiger partial charge >= 0.3 is 0 Å². The zero-order valence-corrected chi connectivity index (χ0v) is 10.8. The monoisotopic (exact) mass is 246 g/mol. The number of unbranched alkanes of at least 4 members (excludes halogenated alkanes) is 1. The predicted octanol–water partition coefficient (Wildman–Crippen LogP) is 2.74. The van der Waals surface area contributed by atoms with Crippen molar-refractivity contribution < 1.29 is 9.90 Å². The van der Waals surface area contributed by atoms with Crippen LogP contribution in [0.5, 0.6) is 0 Å². The molecule has 2 rings (SSSR count). The highest BCUT2D eigenvalue weighted by Gasteiger charge is 2.12. The summed E-state index contributed by atoms with van der Waals surface area (Å²) < 4.78 is 0. The standard InChI is InChI=1S/C14H18N2O2/c1-3-4-5-13(18)10-7-12-11(6-9(10)2)15-14(8-17)16-12/h6-7,17H,3-5,8H2,1-2H3,(H,15,16). The number of H-pyrrole nitrogens is 1. The van der Waals surface area contributed by atoms with Crippen molar-refractivity contribution in [3.05, 3.63) is 29.1 Å². The Morgan fingerprint density at radius 1 is 1.44 bits per heavy atom. The van der Waals surface area contributed by atoms with Crippen molar-refractivity contribution in [2.24, 2.45) is 0 Å². The number of nitrogens with zero attached hydrogens (tertiary/aromatic N) is 1. The van der Waals surface area contributed by atoms with Gasteiger partial charge in [-0.1, -0.05) is 13.3 Å². The molecular weight excluding hydrogens is 228 g/mol. The second-order valence-corrected chi connectivity index (χ2v) is 4.55. The molecule has 96 valence electrons. The molecule has 1 heterocycles. The fraction of sp³-hybridized carbons (Fsp3) is 0.429. The maximum Gasteiger partial charge on any atom is 0.163 e. The zero-order valence-electron chi connectivity index (χ0n) is 10.8. The Hall–Kier alpha value is -1.68. The summed E-state index contributed by atoms with van der Waals surface area (Å²) in [4.78, 5) is 19.3. The number of hydrogen-bond donors (Lipinski definition) is 2. The summed E-state index contributed by atoms with van der Waals surface area (Å²) in [5, 5.41) is 9.04. The molecule has 0 unspecified atom stereocenters. The summed E-state index contributed by atoms with van der Waals surface area (Å²) in [7, 11) is 0. The minimum absolute atomic E-state index is 0.118. The molecule has 0 fully saturated rings. The number of hydrogen-bond acceptors (Lipinski definition) is 3. The lowest BCUT2D eigenvalue weighted by molar-refractivity contribution is 0.0979. The smallest absolute Gasteiger partial charge is 0.163 e. The Morgan fingerprint density at radius 2 is 2.22 bits per heavy atom. The Labute approximate surface area is 106 Å². The molecule has 0 bridgehead atoms. The van der Waals surface area contributed by atoms with Crippen LogP contribution in [0, 0.1) is 6.92 Å². The Morgan fingerprint density at radius 3 is 2.89 bits per heavy atom. The third kappa shape index (κ3) is 2.43. The molecule has 0 spiro atoms. The normalized spacial score (nSPS) is 11.1. The van der Waals surface area contributed by atoms with E-state index in [-0.39, 0.29) is 12.4 Å². The van der Waals surface area contributed by atoms with Crippen molar-refractivity contribution in [1.29, 1.82) is 0 Å². The van der Waals surface area contributed by atoms with Gasteiger partial charge in [-0.05, 0) is 31.0 Å². The third-order valence-electron chi connectivity index (χ3n) is 3.08. The number of carbonyl (C=O) groups excluding carboxylic acids is 1. The van der Waals surface area contributed by atoms with Crippen LogP contribution in [0.1, 0.15) is 47.9 Å². The molecule has 18 heavy (non-hydrogen) atoms. The zero-order chi connectivity index (χ0) is 13.1. The molecule has 0 saturated carbocycles. The Balaban J connectivity index is 2.38. The number of rotatable bonds is 5. The van der Waals surface area contributed by atoms with Gasteiger partial charge in [-0.2, -0.15) is 0 Å². The molecule has 2 aromatic rings. The van der Waals surface area contributed by atoms with Crippen LogP contribution in [-0.4, -0.2) is 20.9 Å². The maximum absolute atomic E-state index is 12.1. The SMILES string of the molecule is CCCCC(=O)c1cc2nc(CO)[nH]c2cc1C. The summed E-state index contributed by atoms with van der Waals surface area (Å²) in [6.07, 6.45) is 2.52. The summed E-state index contributed by atoms with van der Waals surface area (Å²) in [6, 6.07) is 3.74. The molecule has 0 atom stereocenters. The fourth-order valence-electron chi connectivity index (χ4n) is 2.07. The largest absolute Gasteiger partial charge is 0.388 e. The first-order chi connectivity index (χ1) is 8.65. The first kappa shape index (κ1) is 12.8. The minimum atomic E-state index is -0.118. The molecule has 2 N–H and O–H groups in total. The Kier molecular flexibility index (Phi) is 3.77. The lowest BCUT2D eigenvalue weighted by Crippen LogP contribution is -2.01. The van der Waals surface area contributed by atoms with Gasteiger partial charge in [0.15, 0.2) is 5.78 Å². The third-order valence-corrected chi connectivity index (χ3v) is 3.08. The Bertz CT molecular complexity index is 572. The van der Waals surface area contributed by atoms with Crippen molar-refractivity contribution in [3.63, 3.8) is 0 Å². The molecule has 1 aromatic heterocycles. The van der Waals surface area contributed by atoms with Gasteiger partial charge in [0.2, 0.25) is 0 Å². The molecule has 1 aromatic carbocycles. The van der Waals surface area contributed by atoms with Crippen LogP contribution in [0.2, 0.25) is 0 Å². The van der Waals surface area contributed by atoms with Gasteiger partial charge in [-0.25, -0.2) is 4.98 Å². The number of aromatic nitrogens is 2. The highest BCUT2D eigenvalue weighted by Crippen LogP contribution is 2.20. The van der Waals surface area contributed by atoms with Gasteiger partial charge in [0.1, 0.15) is 12.4 Å². The lowest BCUT2D eigenvalue weighted by Gasteiger charge is -2.04. The molecule has 4 nitrogen and oxygen atoms in total. The van der Waals surface area contributed by atoms with Crippen molar-refractivity contribution in [1.82, 2.24) is 9.97 Å². The number of fused-ring (bicyclic) bond motifs is 1.